The highest BCUT2D eigenvalue weighted by atomic mass is 16.1. The Morgan fingerprint density at radius 2 is 1.76 bits per heavy atom. The van der Waals surface area contributed by atoms with Gasteiger partial charge in [-0.25, -0.2) is 15.0 Å². The Morgan fingerprint density at radius 3 is 2.48 bits per heavy atom. The lowest BCUT2D eigenvalue weighted by Gasteiger charge is -2.07. The van der Waals surface area contributed by atoms with Gasteiger partial charge in [0.1, 0.15) is 11.5 Å². The van der Waals surface area contributed by atoms with Gasteiger partial charge in [-0.1, -0.05) is 30.3 Å². The maximum Gasteiger partial charge on any atom is 0.254 e. The van der Waals surface area contributed by atoms with E-state index in [0.717, 1.165) is 5.56 Å². The van der Waals surface area contributed by atoms with Crippen LogP contribution in [-0.2, 0) is 0 Å². The highest BCUT2D eigenvalue weighted by Gasteiger charge is 2.11. The average Bonchev–Trinajstić information content (AvgIpc) is 2.51. The summed E-state index contributed by atoms with van der Waals surface area (Å²) in [7, 11) is 0. The van der Waals surface area contributed by atoms with Crippen LogP contribution in [0.4, 0.5) is 0 Å². The molecule has 3 rings (SSSR count). The van der Waals surface area contributed by atoms with Crippen LogP contribution < -0.4 is 5.56 Å². The van der Waals surface area contributed by atoms with Crippen molar-refractivity contribution < 1.29 is 0 Å². The van der Waals surface area contributed by atoms with Gasteiger partial charge in [-0.15, -0.1) is 0 Å². The van der Waals surface area contributed by atoms with Gasteiger partial charge in [-0.05, 0) is 19.9 Å². The van der Waals surface area contributed by atoms with Crippen LogP contribution in [0.1, 0.15) is 11.4 Å². The van der Waals surface area contributed by atoms with E-state index in [-0.39, 0.29) is 5.56 Å². The van der Waals surface area contributed by atoms with E-state index >= 15 is 0 Å². The Kier molecular flexibility index (Phi) is 3.31. The van der Waals surface area contributed by atoms with Gasteiger partial charge >= 0.3 is 0 Å². The first-order valence-corrected chi connectivity index (χ1v) is 6.61. The molecule has 0 aliphatic heterocycles. The van der Waals surface area contributed by atoms with Crippen LogP contribution in [0.5, 0.6) is 0 Å². The van der Waals surface area contributed by atoms with E-state index in [4.69, 9.17) is 0 Å². The Balaban J connectivity index is 2.21. The third kappa shape index (κ3) is 2.58. The molecule has 0 saturated carbocycles. The molecule has 0 atom stereocenters. The number of nitrogens with zero attached hydrogens (tertiary/aromatic N) is 3. The highest BCUT2D eigenvalue weighted by Crippen LogP contribution is 2.20. The minimum Gasteiger partial charge on any atom is -0.305 e. The molecule has 3 aromatic rings. The molecule has 0 fully saturated rings. The summed E-state index contributed by atoms with van der Waals surface area (Å²) in [5.41, 5.74) is 2.63. The predicted molar refractivity (Wildman–Crippen MR) is 80.8 cm³/mol. The molecule has 0 amide bonds. The van der Waals surface area contributed by atoms with Crippen molar-refractivity contribution in [3.63, 3.8) is 0 Å². The van der Waals surface area contributed by atoms with Crippen molar-refractivity contribution in [2.75, 3.05) is 0 Å². The van der Waals surface area contributed by atoms with Gasteiger partial charge in [0.05, 0.1) is 5.69 Å². The zero-order valence-corrected chi connectivity index (χ0v) is 11.8. The first-order chi connectivity index (χ1) is 10.1. The third-order valence-electron chi connectivity index (χ3n) is 3.22. The minimum atomic E-state index is -0.157. The van der Waals surface area contributed by atoms with Gasteiger partial charge in [-0.3, -0.25) is 4.79 Å². The molecule has 1 aromatic carbocycles. The van der Waals surface area contributed by atoms with Gasteiger partial charge < -0.3 is 4.98 Å². The summed E-state index contributed by atoms with van der Waals surface area (Å²) >= 11 is 0. The summed E-state index contributed by atoms with van der Waals surface area (Å²) in [6, 6.07) is 11.4. The summed E-state index contributed by atoms with van der Waals surface area (Å²) in [5.74, 6) is 1.09. The zero-order valence-electron chi connectivity index (χ0n) is 11.8. The Morgan fingerprint density at radius 1 is 1.00 bits per heavy atom. The molecule has 2 aromatic heterocycles. The fourth-order valence-corrected chi connectivity index (χ4v) is 2.12. The molecule has 2 heterocycles. The molecule has 5 heteroatoms. The molecule has 0 radical (unpaired) electrons. The molecule has 104 valence electrons. The lowest BCUT2D eigenvalue weighted by molar-refractivity contribution is 1.02. The fraction of sp³-hybridized carbons (Fsp3) is 0.125. The van der Waals surface area contributed by atoms with Gasteiger partial charge in [0.2, 0.25) is 0 Å². The molecule has 0 aliphatic carbocycles. The van der Waals surface area contributed by atoms with Gasteiger partial charge in [0, 0.05) is 17.3 Å². The number of nitrogens with one attached hydrogen (secondary N) is 1. The monoisotopic (exact) mass is 278 g/mol. The number of rotatable bonds is 2. The average molecular weight is 278 g/mol. The number of H-pyrrole nitrogens is 1. The van der Waals surface area contributed by atoms with E-state index in [1.54, 1.807) is 26.1 Å². The summed E-state index contributed by atoms with van der Waals surface area (Å²) in [5, 5.41) is 0. The zero-order chi connectivity index (χ0) is 14.8. The van der Waals surface area contributed by atoms with Crippen molar-refractivity contribution in [1.29, 1.82) is 0 Å². The summed E-state index contributed by atoms with van der Waals surface area (Å²) in [6.45, 7) is 3.57. The number of benzene rings is 1. The Labute approximate surface area is 121 Å². The molecule has 0 unspecified atom stereocenters. The third-order valence-corrected chi connectivity index (χ3v) is 3.22. The Hall–Kier alpha value is -2.82. The molecular formula is C16H14N4O. The molecule has 0 bridgehead atoms. The number of aryl methyl sites for hydroxylation is 1. The highest BCUT2D eigenvalue weighted by molar-refractivity contribution is 5.64. The number of aromatic nitrogens is 4. The largest absolute Gasteiger partial charge is 0.305 e. The van der Waals surface area contributed by atoms with E-state index in [1.807, 2.05) is 30.3 Å². The van der Waals surface area contributed by atoms with Crippen molar-refractivity contribution in [3.8, 4) is 22.8 Å². The summed E-state index contributed by atoms with van der Waals surface area (Å²) in [4.78, 5) is 27.9. The molecular weight excluding hydrogens is 264 g/mol. The predicted octanol–water partition coefficient (Wildman–Crippen LogP) is 2.51. The molecule has 5 nitrogen and oxygen atoms in total. The van der Waals surface area contributed by atoms with E-state index in [9.17, 15) is 4.79 Å². The molecule has 21 heavy (non-hydrogen) atoms. The first kappa shape index (κ1) is 13.2. The van der Waals surface area contributed by atoms with Crippen LogP contribution in [0.2, 0.25) is 0 Å². The quantitative estimate of drug-likeness (QED) is 0.781. The molecule has 0 saturated heterocycles. The normalized spacial score (nSPS) is 10.6. The number of hydrogen-bond donors (Lipinski definition) is 1. The number of aromatic amines is 1. The van der Waals surface area contributed by atoms with Gasteiger partial charge in [0.15, 0.2) is 5.82 Å². The van der Waals surface area contributed by atoms with Crippen molar-refractivity contribution in [3.05, 3.63) is 64.3 Å². The second-order valence-electron chi connectivity index (χ2n) is 4.74. The smallest absolute Gasteiger partial charge is 0.254 e. The van der Waals surface area contributed by atoms with Gasteiger partial charge in [0.25, 0.3) is 5.56 Å². The maximum absolute atomic E-state index is 12.2. The second kappa shape index (κ2) is 5.28. The maximum atomic E-state index is 12.2. The van der Waals surface area contributed by atoms with Crippen LogP contribution in [-0.4, -0.2) is 19.9 Å². The van der Waals surface area contributed by atoms with Gasteiger partial charge in [-0.2, -0.15) is 0 Å². The van der Waals surface area contributed by atoms with Crippen LogP contribution in [0.15, 0.2) is 47.4 Å². The van der Waals surface area contributed by atoms with Crippen molar-refractivity contribution in [1.82, 2.24) is 19.9 Å². The van der Waals surface area contributed by atoms with Crippen molar-refractivity contribution in [2.24, 2.45) is 0 Å². The van der Waals surface area contributed by atoms with Crippen molar-refractivity contribution in [2.45, 2.75) is 13.8 Å². The fourth-order valence-electron chi connectivity index (χ4n) is 2.12. The summed E-state index contributed by atoms with van der Waals surface area (Å²) < 4.78 is 0. The Bertz CT molecular complexity index is 840. The first-order valence-electron chi connectivity index (χ1n) is 6.61. The number of hydrogen-bond acceptors (Lipinski definition) is 4. The summed E-state index contributed by atoms with van der Waals surface area (Å²) in [6.07, 6.45) is 1.65. The SMILES string of the molecule is Cc1nccc(-c2nc(-c3ccccc3)c(C)c(=O)[nH]2)n1. The minimum absolute atomic E-state index is 0.157. The standard InChI is InChI=1S/C16H14N4O/c1-10-14(12-6-4-3-5-7-12)19-15(20-16(10)21)13-8-9-17-11(2)18-13/h3-9H,1-2H3,(H,19,20,21). The molecule has 1 N–H and O–H groups in total. The van der Waals surface area contributed by atoms with E-state index in [0.29, 0.717) is 28.6 Å². The van der Waals surface area contributed by atoms with Crippen LogP contribution in [0, 0.1) is 13.8 Å². The topological polar surface area (TPSA) is 71.5 Å². The van der Waals surface area contributed by atoms with Crippen LogP contribution in [0.3, 0.4) is 0 Å². The van der Waals surface area contributed by atoms with Crippen LogP contribution in [0.25, 0.3) is 22.8 Å². The second-order valence-corrected chi connectivity index (χ2v) is 4.74. The molecule has 0 aliphatic rings. The lowest BCUT2D eigenvalue weighted by Crippen LogP contribution is -2.14. The van der Waals surface area contributed by atoms with E-state index < -0.39 is 0 Å². The molecule has 0 spiro atoms. The van der Waals surface area contributed by atoms with Crippen LogP contribution >= 0.6 is 0 Å². The van der Waals surface area contributed by atoms with E-state index in [2.05, 4.69) is 19.9 Å². The lowest BCUT2D eigenvalue weighted by atomic mass is 10.1. The van der Waals surface area contributed by atoms with Crippen molar-refractivity contribution >= 4 is 0 Å². The van der Waals surface area contributed by atoms with E-state index in [1.165, 1.54) is 0 Å².